The largest absolute Gasteiger partial charge is 0.322 e. The predicted molar refractivity (Wildman–Crippen MR) is 43.8 cm³/mol. The molecule has 1 aromatic rings. The van der Waals surface area contributed by atoms with E-state index in [9.17, 15) is 4.39 Å². The fourth-order valence-corrected chi connectivity index (χ4v) is 1.28. The molecule has 1 aromatic heterocycles. The van der Waals surface area contributed by atoms with Gasteiger partial charge in [0.05, 0.1) is 11.9 Å². The van der Waals surface area contributed by atoms with Crippen molar-refractivity contribution in [2.45, 2.75) is 18.9 Å². The minimum absolute atomic E-state index is 0.00519. The molecule has 64 valence electrons. The van der Waals surface area contributed by atoms with Crippen LogP contribution in [-0.2, 0) is 0 Å². The lowest BCUT2D eigenvalue weighted by molar-refractivity contribution is 0.592. The average molecular weight is 166 g/mol. The first-order valence-electron chi connectivity index (χ1n) is 4.14. The Morgan fingerprint density at radius 2 is 2.25 bits per heavy atom. The lowest BCUT2D eigenvalue weighted by Gasteiger charge is -2.08. The highest BCUT2D eigenvalue weighted by atomic mass is 19.1. The molecule has 1 atom stereocenters. The standard InChI is InChI=1S/C9H11FN2/c10-7-3-4-8(12-5-7)9(11)6-1-2-6/h3-6,9H,1-2,11H2/t9-/m1/s1. The lowest BCUT2D eigenvalue weighted by Crippen LogP contribution is -2.13. The van der Waals surface area contributed by atoms with E-state index in [0.717, 1.165) is 5.69 Å². The van der Waals surface area contributed by atoms with Gasteiger partial charge in [0, 0.05) is 6.04 Å². The zero-order valence-corrected chi connectivity index (χ0v) is 6.70. The van der Waals surface area contributed by atoms with Crippen LogP contribution in [-0.4, -0.2) is 4.98 Å². The maximum Gasteiger partial charge on any atom is 0.141 e. The maximum absolute atomic E-state index is 12.5. The van der Waals surface area contributed by atoms with Gasteiger partial charge in [-0.05, 0) is 30.9 Å². The zero-order chi connectivity index (χ0) is 8.55. The highest BCUT2D eigenvalue weighted by Crippen LogP contribution is 2.38. The van der Waals surface area contributed by atoms with E-state index in [4.69, 9.17) is 5.73 Å². The van der Waals surface area contributed by atoms with Gasteiger partial charge in [-0.3, -0.25) is 4.98 Å². The van der Waals surface area contributed by atoms with Gasteiger partial charge in [0.15, 0.2) is 0 Å². The number of pyridine rings is 1. The molecule has 1 heterocycles. The number of aromatic nitrogens is 1. The summed E-state index contributed by atoms with van der Waals surface area (Å²) in [5.41, 5.74) is 6.67. The Kier molecular flexibility index (Phi) is 1.81. The van der Waals surface area contributed by atoms with Crippen LogP contribution in [0.4, 0.5) is 4.39 Å². The van der Waals surface area contributed by atoms with Crippen LogP contribution < -0.4 is 5.73 Å². The predicted octanol–water partition coefficient (Wildman–Crippen LogP) is 1.63. The lowest BCUT2D eigenvalue weighted by atomic mass is 10.1. The summed E-state index contributed by atoms with van der Waals surface area (Å²) in [6.45, 7) is 0. The minimum atomic E-state index is -0.304. The third kappa shape index (κ3) is 1.46. The Morgan fingerprint density at radius 1 is 1.50 bits per heavy atom. The summed E-state index contributed by atoms with van der Waals surface area (Å²) < 4.78 is 12.5. The first-order chi connectivity index (χ1) is 5.77. The van der Waals surface area contributed by atoms with Gasteiger partial charge in [0.1, 0.15) is 5.82 Å². The van der Waals surface area contributed by atoms with Gasteiger partial charge in [0.2, 0.25) is 0 Å². The van der Waals surface area contributed by atoms with Crippen molar-refractivity contribution < 1.29 is 4.39 Å². The monoisotopic (exact) mass is 166 g/mol. The summed E-state index contributed by atoms with van der Waals surface area (Å²) in [7, 11) is 0. The molecule has 1 aliphatic rings. The highest BCUT2D eigenvalue weighted by molar-refractivity contribution is 5.12. The molecule has 0 unspecified atom stereocenters. The molecule has 1 fully saturated rings. The number of halogens is 1. The molecule has 0 bridgehead atoms. The molecule has 0 radical (unpaired) electrons. The fourth-order valence-electron chi connectivity index (χ4n) is 1.28. The van der Waals surface area contributed by atoms with E-state index in [1.54, 1.807) is 6.07 Å². The van der Waals surface area contributed by atoms with E-state index >= 15 is 0 Å². The zero-order valence-electron chi connectivity index (χ0n) is 6.70. The Hall–Kier alpha value is -0.960. The molecule has 1 aliphatic carbocycles. The van der Waals surface area contributed by atoms with Gasteiger partial charge < -0.3 is 5.73 Å². The second-order valence-corrected chi connectivity index (χ2v) is 3.26. The SMILES string of the molecule is N[C@@H](c1ccc(F)cn1)C1CC1. The molecule has 0 aliphatic heterocycles. The third-order valence-electron chi connectivity index (χ3n) is 2.22. The third-order valence-corrected chi connectivity index (χ3v) is 2.22. The Labute approximate surface area is 70.6 Å². The van der Waals surface area contributed by atoms with Crippen molar-refractivity contribution >= 4 is 0 Å². The number of nitrogens with two attached hydrogens (primary N) is 1. The molecule has 0 amide bonds. The van der Waals surface area contributed by atoms with Crippen LogP contribution in [0.25, 0.3) is 0 Å². The quantitative estimate of drug-likeness (QED) is 0.725. The van der Waals surface area contributed by atoms with E-state index in [-0.39, 0.29) is 11.9 Å². The van der Waals surface area contributed by atoms with E-state index in [2.05, 4.69) is 4.98 Å². The first kappa shape index (κ1) is 7.68. The van der Waals surface area contributed by atoms with Gasteiger partial charge >= 0.3 is 0 Å². The van der Waals surface area contributed by atoms with Crippen LogP contribution >= 0.6 is 0 Å². The van der Waals surface area contributed by atoms with Crippen molar-refractivity contribution in [2.24, 2.45) is 11.7 Å². The molecule has 3 heteroatoms. The molecular weight excluding hydrogens is 155 g/mol. The molecule has 1 saturated carbocycles. The Balaban J connectivity index is 2.16. The van der Waals surface area contributed by atoms with Gasteiger partial charge in [-0.25, -0.2) is 4.39 Å². The minimum Gasteiger partial charge on any atom is -0.322 e. The van der Waals surface area contributed by atoms with Gasteiger partial charge in [-0.15, -0.1) is 0 Å². The van der Waals surface area contributed by atoms with Crippen molar-refractivity contribution in [1.82, 2.24) is 4.98 Å². The van der Waals surface area contributed by atoms with Crippen LogP contribution in [0, 0.1) is 11.7 Å². The topological polar surface area (TPSA) is 38.9 Å². The van der Waals surface area contributed by atoms with Gasteiger partial charge in [0.25, 0.3) is 0 Å². The molecule has 0 spiro atoms. The van der Waals surface area contributed by atoms with Crippen LogP contribution in [0.3, 0.4) is 0 Å². The smallest absolute Gasteiger partial charge is 0.141 e. The van der Waals surface area contributed by atoms with Crippen LogP contribution in [0.2, 0.25) is 0 Å². The average Bonchev–Trinajstić information content (AvgIpc) is 2.87. The van der Waals surface area contributed by atoms with E-state index in [1.165, 1.54) is 25.1 Å². The fraction of sp³-hybridized carbons (Fsp3) is 0.444. The van der Waals surface area contributed by atoms with Crippen LogP contribution in [0.1, 0.15) is 24.6 Å². The number of nitrogens with zero attached hydrogens (tertiary/aromatic N) is 1. The normalized spacial score (nSPS) is 19.2. The van der Waals surface area contributed by atoms with Crippen molar-refractivity contribution in [3.8, 4) is 0 Å². The Bertz CT molecular complexity index is 266. The van der Waals surface area contributed by atoms with Crippen LogP contribution in [0.15, 0.2) is 18.3 Å². The summed E-state index contributed by atoms with van der Waals surface area (Å²) in [5, 5.41) is 0. The molecule has 12 heavy (non-hydrogen) atoms. The van der Waals surface area contributed by atoms with E-state index in [1.807, 2.05) is 0 Å². The molecule has 0 saturated heterocycles. The van der Waals surface area contributed by atoms with Crippen molar-refractivity contribution in [3.05, 3.63) is 29.8 Å². The number of rotatable bonds is 2. The molecule has 2 N–H and O–H groups in total. The molecule has 2 rings (SSSR count). The number of hydrogen-bond acceptors (Lipinski definition) is 2. The Morgan fingerprint density at radius 3 is 2.75 bits per heavy atom. The summed E-state index contributed by atoms with van der Waals surface area (Å²) in [6.07, 6.45) is 3.58. The van der Waals surface area contributed by atoms with Gasteiger partial charge in [-0.1, -0.05) is 0 Å². The summed E-state index contributed by atoms with van der Waals surface area (Å²) in [6, 6.07) is 3.08. The van der Waals surface area contributed by atoms with E-state index in [0.29, 0.717) is 5.92 Å². The second-order valence-electron chi connectivity index (χ2n) is 3.26. The van der Waals surface area contributed by atoms with Crippen molar-refractivity contribution in [3.63, 3.8) is 0 Å². The molecule has 0 aromatic carbocycles. The molecule has 2 nitrogen and oxygen atoms in total. The van der Waals surface area contributed by atoms with Crippen LogP contribution in [0.5, 0.6) is 0 Å². The summed E-state index contributed by atoms with van der Waals surface area (Å²) in [5.74, 6) is 0.268. The summed E-state index contributed by atoms with van der Waals surface area (Å²) >= 11 is 0. The van der Waals surface area contributed by atoms with Crippen molar-refractivity contribution in [1.29, 1.82) is 0 Å². The second kappa shape index (κ2) is 2.83. The molecular formula is C9H11FN2. The highest BCUT2D eigenvalue weighted by Gasteiger charge is 2.30. The first-order valence-corrected chi connectivity index (χ1v) is 4.14. The summed E-state index contributed by atoms with van der Waals surface area (Å²) in [4.78, 5) is 3.94. The maximum atomic E-state index is 12.5. The van der Waals surface area contributed by atoms with Gasteiger partial charge in [-0.2, -0.15) is 0 Å². The van der Waals surface area contributed by atoms with E-state index < -0.39 is 0 Å². The van der Waals surface area contributed by atoms with Crippen molar-refractivity contribution in [2.75, 3.05) is 0 Å². The number of hydrogen-bond donors (Lipinski definition) is 1.